The van der Waals surface area contributed by atoms with E-state index in [4.69, 9.17) is 23.8 Å². The Morgan fingerprint density at radius 1 is 0.745 bits per heavy atom. The van der Waals surface area contributed by atoms with Gasteiger partial charge in [0.05, 0.1) is 46.0 Å². The molecule has 0 aliphatic carbocycles. The monoisotopic (exact) mass is 1210 g/mol. The second kappa shape index (κ2) is 27.3. The molecule has 0 radical (unpaired) electrons. The number of hydrogen-bond donors (Lipinski definition) is 1. The van der Waals surface area contributed by atoms with Gasteiger partial charge in [-0.25, -0.2) is 8.42 Å². The number of aromatic nitrogens is 3. The zero-order chi connectivity index (χ0) is 38.7. The van der Waals surface area contributed by atoms with Crippen molar-refractivity contribution >= 4 is 153 Å². The Hall–Kier alpha value is 1.29. The normalized spacial score (nSPS) is 11.6. The summed E-state index contributed by atoms with van der Waals surface area (Å²) in [6.45, 7) is 3.48. The van der Waals surface area contributed by atoms with E-state index >= 15 is 0 Å². The van der Waals surface area contributed by atoms with Crippen LogP contribution in [0.3, 0.4) is 0 Å². The zero-order valence-corrected chi connectivity index (χ0v) is 45.1. The van der Waals surface area contributed by atoms with Crippen LogP contribution in [0, 0.1) is 13.8 Å². The molecule has 0 saturated carbocycles. The van der Waals surface area contributed by atoms with Crippen molar-refractivity contribution in [2.24, 2.45) is 20.5 Å². The standard InChI is InChI=1S/C27H20Cl2N8O9S3.HI3.3Na/c1-13-10-22(36-37-23-12-16(48-46-44-39)4-8-24(23)49(40,41)42)14(2)9-21(13)35-34-20-7-6-19(30-27-32-25(28)31-26(29)33-27)17-5-3-15(11-18(17)20)47-45-43-38;1-3-2;;;/h3-12,38-39H,1-2H3,(H,40,41,42)(H,30,31,32,33);3H;;;/q;;3*+1/p-3/i;3D;;;. The fourth-order valence-electron chi connectivity index (χ4n) is 4.22. The number of azo groups is 2. The molecule has 276 valence electrons. The quantitative estimate of drug-likeness (QED) is 0.0317. The van der Waals surface area contributed by atoms with Gasteiger partial charge in [-0.2, -0.15) is 33.8 Å². The van der Waals surface area contributed by atoms with E-state index in [-0.39, 0.29) is 116 Å². The van der Waals surface area contributed by atoms with Crippen LogP contribution in [0.15, 0.2) is 95.8 Å². The molecule has 0 fully saturated rings. The van der Waals surface area contributed by atoms with Crippen LogP contribution in [0.25, 0.3) is 10.8 Å². The Morgan fingerprint density at radius 3 is 1.76 bits per heavy atom. The summed E-state index contributed by atoms with van der Waals surface area (Å²) in [5.74, 6) is 0.103. The number of hydrogen-bond acceptors (Lipinski definition) is 19. The Labute approximate surface area is 428 Å². The zero-order valence-electron chi connectivity index (χ0n) is 29.7. The van der Waals surface area contributed by atoms with Crippen molar-refractivity contribution in [1.82, 2.24) is 15.0 Å². The van der Waals surface area contributed by atoms with E-state index in [2.05, 4.69) is 96.7 Å². The van der Waals surface area contributed by atoms with Crippen LogP contribution in [0.1, 0.15) is 11.1 Å². The predicted molar refractivity (Wildman–Crippen MR) is 215 cm³/mol. The maximum atomic E-state index is 11.8. The molecule has 55 heavy (non-hydrogen) atoms. The van der Waals surface area contributed by atoms with Crippen LogP contribution in [-0.4, -0.2) is 28.5 Å². The molecule has 4 aromatic carbocycles. The molecule has 0 spiro atoms. The number of nitrogens with one attached hydrogen (secondary N) is 1. The number of nitrogens with zero attached hydrogens (tertiary/aromatic N) is 7. The van der Waals surface area contributed by atoms with Crippen LogP contribution in [0.2, 0.25) is 10.6 Å². The van der Waals surface area contributed by atoms with E-state index in [0.29, 0.717) is 73.6 Å². The van der Waals surface area contributed by atoms with Gasteiger partial charge in [0.2, 0.25) is 16.5 Å². The molecule has 0 unspecified atom stereocenters. The summed E-state index contributed by atoms with van der Waals surface area (Å²) in [6, 6.07) is 15.3. The molecule has 0 atom stereocenters. The van der Waals surface area contributed by atoms with Crippen molar-refractivity contribution < 1.29 is 131 Å². The van der Waals surface area contributed by atoms with Crippen molar-refractivity contribution in [1.29, 1.82) is 0.594 Å². The van der Waals surface area contributed by atoms with Crippen molar-refractivity contribution in [3.05, 3.63) is 82.4 Å². The minimum absolute atomic E-state index is 0. The molecule has 0 aliphatic rings. The third kappa shape index (κ3) is 16.9. The van der Waals surface area contributed by atoms with Crippen molar-refractivity contribution in [2.75, 3.05) is 5.32 Å². The molecule has 0 saturated heterocycles. The molecular formula is C27H18Cl2I3N8Na3O9S3. The summed E-state index contributed by atoms with van der Waals surface area (Å²) >= 11 is 16.3. The molecule has 1 aromatic heterocycles. The number of aryl methyl sites for hydroxylation is 2. The molecule has 17 nitrogen and oxygen atoms in total. The van der Waals surface area contributed by atoms with E-state index in [1.807, 2.05) is 0 Å². The topological polar surface area (TPSA) is 240 Å². The van der Waals surface area contributed by atoms with Gasteiger partial charge in [-0.1, -0.05) is 6.07 Å². The van der Waals surface area contributed by atoms with Gasteiger partial charge in [0.25, 0.3) is 0 Å². The Morgan fingerprint density at radius 2 is 1.24 bits per heavy atom. The first-order chi connectivity index (χ1) is 25.2. The molecule has 0 aliphatic heterocycles. The van der Waals surface area contributed by atoms with Crippen LogP contribution in [0.5, 0.6) is 0 Å². The first-order valence-corrected chi connectivity index (χ1v) is 29.7. The molecule has 28 heteroatoms. The number of rotatable bonds is 13. The van der Waals surface area contributed by atoms with Crippen molar-refractivity contribution in [3.63, 3.8) is 0 Å². The number of anilines is 2. The van der Waals surface area contributed by atoms with E-state index in [1.165, 1.54) is 12.1 Å². The Kier molecular flexibility index (Phi) is 26.0. The molecular weight excluding hydrogens is 1200 g/mol. The predicted octanol–water partition coefficient (Wildman–Crippen LogP) is 0.290. The first kappa shape index (κ1) is 52.4. The van der Waals surface area contributed by atoms with E-state index in [0.717, 1.165) is 6.07 Å². The van der Waals surface area contributed by atoms with Gasteiger partial charge in [-0.05, 0) is 103 Å². The summed E-state index contributed by atoms with van der Waals surface area (Å²) < 4.78 is 50.8. The van der Waals surface area contributed by atoms with Gasteiger partial charge in [0, 0.05) is 26.3 Å². The fourth-order valence-corrected chi connectivity index (χ4v) is 5.96. The minimum Gasteiger partial charge on any atom is 1.00 e. The van der Waals surface area contributed by atoms with Crippen LogP contribution < -0.4 is 105 Å². The second-order valence-corrected chi connectivity index (χ2v) is 29.4. The van der Waals surface area contributed by atoms with Gasteiger partial charge >= 0.3 is 140 Å². The molecule has 5 aromatic rings. The summed E-state index contributed by atoms with van der Waals surface area (Å²) in [4.78, 5) is 11.9. The summed E-state index contributed by atoms with van der Waals surface area (Å²) in [5, 5.41) is 48.5. The third-order valence-corrected chi connectivity index (χ3v) is 8.72. The second-order valence-electron chi connectivity index (χ2n) is 9.56. The average Bonchev–Trinajstić information content (AvgIpc) is 3.08. The number of benzene rings is 4. The van der Waals surface area contributed by atoms with Crippen LogP contribution in [-0.2, 0) is 28.9 Å². The fraction of sp³-hybridized carbons (Fsp3) is 0.0741. The summed E-state index contributed by atoms with van der Waals surface area (Å²) in [5.41, 5.74) is 2.79. The smallest absolute Gasteiger partial charge is 1.00 e. The molecule has 0 amide bonds. The summed E-state index contributed by atoms with van der Waals surface area (Å²) in [6.07, 6.45) is 0. The van der Waals surface area contributed by atoms with E-state index in [9.17, 15) is 23.5 Å². The van der Waals surface area contributed by atoms with E-state index < -0.39 is 28.1 Å². The number of halogens is 5. The summed E-state index contributed by atoms with van der Waals surface area (Å²) in [7, 11) is -4.91. The Balaban J connectivity index is 0.00000214. The molecule has 1 heterocycles. The maximum absolute atomic E-state index is 11.8. The first-order valence-electron chi connectivity index (χ1n) is 13.8. The number of fused-ring (bicyclic) bond motifs is 1. The average molecular weight is 1220 g/mol. The largest absolute Gasteiger partial charge is 1.00 e. The van der Waals surface area contributed by atoms with Crippen molar-refractivity contribution in [3.8, 4) is 0 Å². The molecule has 5 rings (SSSR count). The molecule has 0 bridgehead atoms. The molecule has 1 N–H and O–H groups in total. The Bertz CT molecular complexity index is 2270. The van der Waals surface area contributed by atoms with Crippen LogP contribution >= 0.6 is 97.6 Å². The van der Waals surface area contributed by atoms with Gasteiger partial charge < -0.3 is 20.4 Å². The van der Waals surface area contributed by atoms with Gasteiger partial charge in [-0.3, -0.25) is 10.1 Å². The SMILES string of the molecule is Cc1cc(N=Nc2ccc(Nc3nc(Cl)nc(Cl)n3)c3ccc(SOO[O-])cc23)c(C)cc1N=Nc1cc(SOO[O-])ccc1S(=O)(=O)[O-].[2H]I(I)I.[Na+].[Na+].[Na+]. The van der Waals surface area contributed by atoms with Gasteiger partial charge in [-0.15, -0.1) is 10.2 Å². The van der Waals surface area contributed by atoms with E-state index in [1.54, 1.807) is 56.3 Å². The van der Waals surface area contributed by atoms with Gasteiger partial charge in [0.15, 0.2) is 0 Å². The van der Waals surface area contributed by atoms with Gasteiger partial charge in [0.1, 0.15) is 15.8 Å². The maximum Gasteiger partial charge on any atom is 1.00 e. The third-order valence-electron chi connectivity index (χ3n) is 6.35. The minimum atomic E-state index is -4.91. The van der Waals surface area contributed by atoms with Crippen molar-refractivity contribution in [2.45, 2.75) is 28.5 Å². The van der Waals surface area contributed by atoms with Crippen LogP contribution in [0.4, 0.5) is 34.4 Å².